The standard InChI is InChI=1S/C23H26N4O4S/c1-15-8-10-18(14-16(15)2)24-20(28)12-13-22(30)26-27-23(32)25-21(29)11-9-17-6-4-5-7-19(17)31-3/h4-11,14H,12-13H2,1-3H3,(H,24,28)(H,26,30)(H2,25,27,29,32)/b11-9+. The van der Waals surface area contributed by atoms with Crippen molar-refractivity contribution in [3.8, 4) is 5.75 Å². The highest BCUT2D eigenvalue weighted by Crippen LogP contribution is 2.18. The number of aryl methyl sites for hydroxylation is 2. The lowest BCUT2D eigenvalue weighted by Gasteiger charge is -2.10. The minimum absolute atomic E-state index is 0.00120. The van der Waals surface area contributed by atoms with Crippen molar-refractivity contribution in [3.05, 3.63) is 65.2 Å². The van der Waals surface area contributed by atoms with Crippen LogP contribution in [-0.4, -0.2) is 29.9 Å². The van der Waals surface area contributed by atoms with E-state index in [1.807, 2.05) is 44.2 Å². The number of rotatable bonds is 7. The number of ether oxygens (including phenoxy) is 1. The molecule has 0 radical (unpaired) electrons. The summed E-state index contributed by atoms with van der Waals surface area (Å²) >= 11 is 4.98. The van der Waals surface area contributed by atoms with Crippen molar-refractivity contribution in [1.29, 1.82) is 0 Å². The number of thiocarbonyl (C=S) groups is 1. The van der Waals surface area contributed by atoms with Crippen molar-refractivity contribution in [1.82, 2.24) is 16.2 Å². The molecule has 0 spiro atoms. The Balaban J connectivity index is 1.70. The zero-order valence-electron chi connectivity index (χ0n) is 18.2. The molecule has 0 saturated heterocycles. The van der Waals surface area contributed by atoms with Crippen LogP contribution in [0.15, 0.2) is 48.5 Å². The summed E-state index contributed by atoms with van der Waals surface area (Å²) < 4.78 is 5.21. The third kappa shape index (κ3) is 8.19. The lowest BCUT2D eigenvalue weighted by atomic mass is 10.1. The minimum atomic E-state index is -0.476. The number of hydrogen-bond donors (Lipinski definition) is 4. The highest BCUT2D eigenvalue weighted by Gasteiger charge is 2.09. The second-order valence-electron chi connectivity index (χ2n) is 6.91. The topological polar surface area (TPSA) is 109 Å². The van der Waals surface area contributed by atoms with Crippen LogP contribution in [0.2, 0.25) is 0 Å². The van der Waals surface area contributed by atoms with E-state index in [-0.39, 0.29) is 23.9 Å². The van der Waals surface area contributed by atoms with Gasteiger partial charge in [-0.3, -0.25) is 30.6 Å². The predicted molar refractivity (Wildman–Crippen MR) is 128 cm³/mol. The molecule has 0 heterocycles. The molecule has 0 atom stereocenters. The first kappa shape index (κ1) is 24.5. The van der Waals surface area contributed by atoms with Crippen LogP contribution in [0.5, 0.6) is 5.75 Å². The Morgan fingerprint density at radius 1 is 0.969 bits per heavy atom. The van der Waals surface area contributed by atoms with Crippen molar-refractivity contribution in [3.63, 3.8) is 0 Å². The van der Waals surface area contributed by atoms with E-state index in [0.717, 1.165) is 16.7 Å². The number of nitrogens with one attached hydrogen (secondary N) is 4. The third-order valence-electron chi connectivity index (χ3n) is 4.48. The first-order valence-corrected chi connectivity index (χ1v) is 10.3. The second-order valence-corrected chi connectivity index (χ2v) is 7.32. The Hall–Kier alpha value is -3.72. The van der Waals surface area contributed by atoms with Gasteiger partial charge in [-0.2, -0.15) is 0 Å². The van der Waals surface area contributed by atoms with E-state index in [0.29, 0.717) is 11.4 Å². The van der Waals surface area contributed by atoms with Gasteiger partial charge in [-0.15, -0.1) is 0 Å². The molecule has 0 unspecified atom stereocenters. The molecule has 0 aliphatic carbocycles. The van der Waals surface area contributed by atoms with E-state index < -0.39 is 11.8 Å². The van der Waals surface area contributed by atoms with Crippen LogP contribution < -0.4 is 26.2 Å². The summed E-state index contributed by atoms with van der Waals surface area (Å²) in [6, 6.07) is 12.8. The van der Waals surface area contributed by atoms with Crippen molar-refractivity contribution >= 4 is 46.8 Å². The Labute approximate surface area is 192 Å². The molecule has 168 valence electrons. The molecular formula is C23H26N4O4S. The first-order valence-electron chi connectivity index (χ1n) is 9.86. The van der Waals surface area contributed by atoms with Crippen LogP contribution in [0.3, 0.4) is 0 Å². The smallest absolute Gasteiger partial charge is 0.250 e. The fourth-order valence-electron chi connectivity index (χ4n) is 2.61. The van der Waals surface area contributed by atoms with Crippen LogP contribution in [0.1, 0.15) is 29.5 Å². The highest BCUT2D eigenvalue weighted by atomic mass is 32.1. The minimum Gasteiger partial charge on any atom is -0.496 e. The largest absolute Gasteiger partial charge is 0.496 e. The maximum atomic E-state index is 12.0. The fourth-order valence-corrected chi connectivity index (χ4v) is 2.76. The van der Waals surface area contributed by atoms with Gasteiger partial charge in [-0.05, 0) is 61.5 Å². The molecule has 4 N–H and O–H groups in total. The monoisotopic (exact) mass is 454 g/mol. The molecule has 0 aliphatic rings. The second kappa shape index (κ2) is 12.2. The van der Waals surface area contributed by atoms with E-state index in [2.05, 4.69) is 21.5 Å². The normalized spacial score (nSPS) is 10.3. The molecule has 2 aromatic rings. The van der Waals surface area contributed by atoms with Gasteiger partial charge in [0.1, 0.15) is 5.75 Å². The molecule has 2 rings (SSSR count). The lowest BCUT2D eigenvalue weighted by Crippen LogP contribution is -2.48. The van der Waals surface area contributed by atoms with Gasteiger partial charge < -0.3 is 10.1 Å². The van der Waals surface area contributed by atoms with Crippen LogP contribution in [0.25, 0.3) is 6.08 Å². The van der Waals surface area contributed by atoms with E-state index in [1.54, 1.807) is 25.3 Å². The number of carbonyl (C=O) groups excluding carboxylic acids is 3. The molecule has 0 aliphatic heterocycles. The summed E-state index contributed by atoms with van der Waals surface area (Å²) in [5.41, 5.74) is 8.39. The summed E-state index contributed by atoms with van der Waals surface area (Å²) in [7, 11) is 1.54. The van der Waals surface area contributed by atoms with Gasteiger partial charge in [0.15, 0.2) is 5.11 Å². The Kier molecular flexibility index (Phi) is 9.37. The van der Waals surface area contributed by atoms with Crippen molar-refractivity contribution < 1.29 is 19.1 Å². The molecule has 0 saturated carbocycles. The predicted octanol–water partition coefficient (Wildman–Crippen LogP) is 2.77. The summed E-state index contributed by atoms with van der Waals surface area (Å²) in [4.78, 5) is 35.9. The van der Waals surface area contributed by atoms with Crippen molar-refractivity contribution in [2.24, 2.45) is 0 Å². The van der Waals surface area contributed by atoms with E-state index >= 15 is 0 Å². The summed E-state index contributed by atoms with van der Waals surface area (Å²) in [5, 5.41) is 5.09. The quantitative estimate of drug-likeness (QED) is 0.291. The number of methoxy groups -OCH3 is 1. The number of anilines is 1. The van der Waals surface area contributed by atoms with Gasteiger partial charge in [-0.25, -0.2) is 0 Å². The number of benzene rings is 2. The Bertz CT molecular complexity index is 1040. The lowest BCUT2D eigenvalue weighted by molar-refractivity contribution is -0.124. The summed E-state index contributed by atoms with van der Waals surface area (Å²) in [6.07, 6.45) is 2.84. The molecule has 0 bridgehead atoms. The van der Waals surface area contributed by atoms with Gasteiger partial charge in [0, 0.05) is 30.2 Å². The maximum Gasteiger partial charge on any atom is 0.250 e. The van der Waals surface area contributed by atoms with Crippen LogP contribution in [0, 0.1) is 13.8 Å². The first-order chi connectivity index (χ1) is 15.3. The van der Waals surface area contributed by atoms with Gasteiger partial charge in [0.05, 0.1) is 7.11 Å². The Morgan fingerprint density at radius 3 is 2.41 bits per heavy atom. The molecule has 2 aromatic carbocycles. The molecule has 32 heavy (non-hydrogen) atoms. The average molecular weight is 455 g/mol. The van der Waals surface area contributed by atoms with Crippen molar-refractivity contribution in [2.45, 2.75) is 26.7 Å². The Morgan fingerprint density at radius 2 is 1.69 bits per heavy atom. The fraction of sp³-hybridized carbons (Fsp3) is 0.217. The van der Waals surface area contributed by atoms with Crippen LogP contribution >= 0.6 is 12.2 Å². The molecule has 8 nitrogen and oxygen atoms in total. The number of hydrazine groups is 1. The zero-order chi connectivity index (χ0) is 23.5. The molecule has 0 aromatic heterocycles. The van der Waals surface area contributed by atoms with Gasteiger partial charge in [-0.1, -0.05) is 24.3 Å². The van der Waals surface area contributed by atoms with Gasteiger partial charge >= 0.3 is 0 Å². The third-order valence-corrected chi connectivity index (χ3v) is 4.68. The summed E-state index contributed by atoms with van der Waals surface area (Å²) in [6.45, 7) is 3.95. The maximum absolute atomic E-state index is 12.0. The number of amides is 3. The molecule has 9 heteroatoms. The van der Waals surface area contributed by atoms with Crippen molar-refractivity contribution in [2.75, 3.05) is 12.4 Å². The van der Waals surface area contributed by atoms with Crippen LogP contribution in [-0.2, 0) is 14.4 Å². The molecular weight excluding hydrogens is 428 g/mol. The van der Waals surface area contributed by atoms with E-state index in [9.17, 15) is 14.4 Å². The number of para-hydroxylation sites is 1. The average Bonchev–Trinajstić information content (AvgIpc) is 2.77. The highest BCUT2D eigenvalue weighted by molar-refractivity contribution is 7.80. The van der Waals surface area contributed by atoms with Crippen LogP contribution in [0.4, 0.5) is 5.69 Å². The molecule has 0 fully saturated rings. The zero-order valence-corrected chi connectivity index (χ0v) is 19.0. The number of carbonyl (C=O) groups is 3. The number of hydrogen-bond acceptors (Lipinski definition) is 5. The summed E-state index contributed by atoms with van der Waals surface area (Å²) in [5.74, 6) is -0.566. The van der Waals surface area contributed by atoms with E-state index in [1.165, 1.54) is 6.08 Å². The molecule has 3 amide bonds. The van der Waals surface area contributed by atoms with E-state index in [4.69, 9.17) is 17.0 Å². The van der Waals surface area contributed by atoms with Gasteiger partial charge in [0.25, 0.3) is 0 Å². The SMILES string of the molecule is COc1ccccc1/C=C/C(=O)NC(=S)NNC(=O)CCC(=O)Nc1ccc(C)c(C)c1. The van der Waals surface area contributed by atoms with Gasteiger partial charge in [0.2, 0.25) is 17.7 Å².